The van der Waals surface area contributed by atoms with Crippen LogP contribution in [0.3, 0.4) is 0 Å². The van der Waals surface area contributed by atoms with Crippen LogP contribution in [0.5, 0.6) is 0 Å². The van der Waals surface area contributed by atoms with E-state index in [4.69, 9.17) is 0 Å². The summed E-state index contributed by atoms with van der Waals surface area (Å²) in [5, 5.41) is 3.66. The highest BCUT2D eigenvalue weighted by Gasteiger charge is 2.34. The molecule has 3 fully saturated rings. The molecule has 2 bridgehead atoms. The first-order valence-corrected chi connectivity index (χ1v) is 7.16. The SMILES string of the molecule is c1ccc(CNC[C@H]2CC3CCC2CC3)cc1. The Balaban J connectivity index is 1.46. The maximum absolute atomic E-state index is 3.66. The predicted molar refractivity (Wildman–Crippen MR) is 71.7 cm³/mol. The Kier molecular flexibility index (Phi) is 3.46. The molecule has 1 heteroatoms. The Morgan fingerprint density at radius 2 is 1.76 bits per heavy atom. The van der Waals surface area contributed by atoms with E-state index in [-0.39, 0.29) is 0 Å². The summed E-state index contributed by atoms with van der Waals surface area (Å²) in [5.41, 5.74) is 1.41. The van der Waals surface area contributed by atoms with Crippen LogP contribution in [-0.2, 0) is 6.54 Å². The van der Waals surface area contributed by atoms with Gasteiger partial charge in [0.25, 0.3) is 0 Å². The molecule has 17 heavy (non-hydrogen) atoms. The molecule has 0 amide bonds. The molecule has 0 aromatic heterocycles. The molecule has 92 valence electrons. The highest BCUT2D eigenvalue weighted by molar-refractivity contribution is 5.14. The quantitative estimate of drug-likeness (QED) is 0.831. The van der Waals surface area contributed by atoms with Crippen molar-refractivity contribution in [2.75, 3.05) is 6.54 Å². The summed E-state index contributed by atoms with van der Waals surface area (Å²) in [6, 6.07) is 10.8. The van der Waals surface area contributed by atoms with Crippen molar-refractivity contribution in [3.05, 3.63) is 35.9 Å². The molecule has 1 aromatic rings. The van der Waals surface area contributed by atoms with E-state index >= 15 is 0 Å². The standard InChI is InChI=1S/C16H23N/c1-2-4-14(5-3-1)11-17-12-16-10-13-6-8-15(16)9-7-13/h1-5,13,15-17H,6-12H2/t13?,15?,16-/m1/s1. The van der Waals surface area contributed by atoms with E-state index in [1.165, 1.54) is 44.2 Å². The molecule has 3 saturated carbocycles. The average Bonchev–Trinajstić information content (AvgIpc) is 2.41. The number of hydrogen-bond acceptors (Lipinski definition) is 1. The lowest BCUT2D eigenvalue weighted by atomic mass is 9.65. The molecular formula is C16H23N. The third-order valence-electron chi connectivity index (χ3n) is 4.77. The van der Waals surface area contributed by atoms with Crippen molar-refractivity contribution in [2.45, 2.75) is 38.6 Å². The Hall–Kier alpha value is -0.820. The number of hydrogen-bond donors (Lipinski definition) is 1. The maximum atomic E-state index is 3.66. The van der Waals surface area contributed by atoms with Crippen LogP contribution in [0.4, 0.5) is 0 Å². The minimum atomic E-state index is 0.964. The van der Waals surface area contributed by atoms with Gasteiger partial charge in [-0.05, 0) is 49.1 Å². The monoisotopic (exact) mass is 229 g/mol. The molecule has 0 heterocycles. The van der Waals surface area contributed by atoms with Crippen LogP contribution in [0, 0.1) is 17.8 Å². The molecule has 0 unspecified atom stereocenters. The lowest BCUT2D eigenvalue weighted by Gasteiger charge is -2.42. The summed E-state index contributed by atoms with van der Waals surface area (Å²) in [4.78, 5) is 0. The van der Waals surface area contributed by atoms with Gasteiger partial charge in [-0.3, -0.25) is 0 Å². The molecule has 0 spiro atoms. The Morgan fingerprint density at radius 3 is 2.41 bits per heavy atom. The van der Waals surface area contributed by atoms with Crippen molar-refractivity contribution >= 4 is 0 Å². The fourth-order valence-corrected chi connectivity index (χ4v) is 3.76. The van der Waals surface area contributed by atoms with E-state index in [1.54, 1.807) is 0 Å². The number of fused-ring (bicyclic) bond motifs is 3. The van der Waals surface area contributed by atoms with E-state index in [0.29, 0.717) is 0 Å². The van der Waals surface area contributed by atoms with Gasteiger partial charge < -0.3 is 5.32 Å². The first kappa shape index (κ1) is 11.3. The van der Waals surface area contributed by atoms with E-state index < -0.39 is 0 Å². The van der Waals surface area contributed by atoms with Gasteiger partial charge in [-0.15, -0.1) is 0 Å². The fraction of sp³-hybridized carbons (Fsp3) is 0.625. The fourth-order valence-electron chi connectivity index (χ4n) is 3.76. The Labute approximate surface area is 105 Å². The first-order chi connectivity index (χ1) is 8.42. The van der Waals surface area contributed by atoms with Crippen molar-refractivity contribution in [1.82, 2.24) is 5.32 Å². The maximum Gasteiger partial charge on any atom is 0.0205 e. The van der Waals surface area contributed by atoms with Crippen LogP contribution >= 0.6 is 0 Å². The van der Waals surface area contributed by atoms with E-state index in [2.05, 4.69) is 35.6 Å². The van der Waals surface area contributed by atoms with Crippen LogP contribution in [0.25, 0.3) is 0 Å². The highest BCUT2D eigenvalue weighted by atomic mass is 14.9. The largest absolute Gasteiger partial charge is 0.312 e. The summed E-state index contributed by atoms with van der Waals surface area (Å²) >= 11 is 0. The predicted octanol–water partition coefficient (Wildman–Crippen LogP) is 3.60. The molecule has 1 nitrogen and oxygen atoms in total. The molecule has 1 atom stereocenters. The molecule has 1 aromatic carbocycles. The van der Waals surface area contributed by atoms with Gasteiger partial charge in [-0.1, -0.05) is 43.2 Å². The Morgan fingerprint density at radius 1 is 1.00 bits per heavy atom. The van der Waals surface area contributed by atoms with Crippen LogP contribution in [0.15, 0.2) is 30.3 Å². The summed E-state index contributed by atoms with van der Waals surface area (Å²) < 4.78 is 0. The lowest BCUT2D eigenvalue weighted by Crippen LogP contribution is -2.37. The average molecular weight is 229 g/mol. The number of nitrogens with one attached hydrogen (secondary N) is 1. The second-order valence-corrected chi connectivity index (χ2v) is 5.89. The van der Waals surface area contributed by atoms with Crippen LogP contribution in [0.2, 0.25) is 0 Å². The van der Waals surface area contributed by atoms with Gasteiger partial charge in [0.05, 0.1) is 0 Å². The topological polar surface area (TPSA) is 12.0 Å². The van der Waals surface area contributed by atoms with Crippen molar-refractivity contribution in [3.8, 4) is 0 Å². The van der Waals surface area contributed by atoms with Gasteiger partial charge >= 0.3 is 0 Å². The Bertz CT molecular complexity index is 338. The van der Waals surface area contributed by atoms with Gasteiger partial charge in [0.2, 0.25) is 0 Å². The summed E-state index contributed by atoms with van der Waals surface area (Å²) in [5.74, 6) is 3.05. The summed E-state index contributed by atoms with van der Waals surface area (Å²) in [6.07, 6.45) is 7.52. The van der Waals surface area contributed by atoms with Crippen LogP contribution < -0.4 is 5.32 Å². The van der Waals surface area contributed by atoms with Gasteiger partial charge in [0.15, 0.2) is 0 Å². The van der Waals surface area contributed by atoms with Crippen LogP contribution in [0.1, 0.15) is 37.7 Å². The summed E-state index contributed by atoms with van der Waals surface area (Å²) in [7, 11) is 0. The number of rotatable bonds is 4. The number of benzene rings is 1. The molecular weight excluding hydrogens is 206 g/mol. The normalized spacial score (nSPS) is 31.6. The zero-order valence-electron chi connectivity index (χ0n) is 10.6. The highest BCUT2D eigenvalue weighted by Crippen LogP contribution is 2.44. The smallest absolute Gasteiger partial charge is 0.0205 e. The van der Waals surface area contributed by atoms with Crippen molar-refractivity contribution < 1.29 is 0 Å². The molecule has 3 aliphatic rings. The zero-order valence-corrected chi connectivity index (χ0v) is 10.6. The third kappa shape index (κ3) is 2.71. The minimum absolute atomic E-state index is 0.964. The van der Waals surface area contributed by atoms with Crippen LogP contribution in [-0.4, -0.2) is 6.54 Å². The molecule has 3 aliphatic carbocycles. The van der Waals surface area contributed by atoms with E-state index in [9.17, 15) is 0 Å². The van der Waals surface area contributed by atoms with Gasteiger partial charge in [-0.25, -0.2) is 0 Å². The second-order valence-electron chi connectivity index (χ2n) is 5.89. The van der Waals surface area contributed by atoms with Gasteiger partial charge in [0.1, 0.15) is 0 Å². The molecule has 0 radical (unpaired) electrons. The zero-order chi connectivity index (χ0) is 11.5. The molecule has 1 N–H and O–H groups in total. The molecule has 0 saturated heterocycles. The van der Waals surface area contributed by atoms with E-state index in [1.807, 2.05) is 0 Å². The summed E-state index contributed by atoms with van der Waals surface area (Å²) in [6.45, 7) is 2.27. The third-order valence-corrected chi connectivity index (χ3v) is 4.77. The van der Waals surface area contributed by atoms with Gasteiger partial charge in [-0.2, -0.15) is 0 Å². The van der Waals surface area contributed by atoms with Crippen molar-refractivity contribution in [3.63, 3.8) is 0 Å². The first-order valence-electron chi connectivity index (χ1n) is 7.16. The van der Waals surface area contributed by atoms with Gasteiger partial charge in [0, 0.05) is 6.54 Å². The molecule has 4 rings (SSSR count). The van der Waals surface area contributed by atoms with E-state index in [0.717, 1.165) is 24.3 Å². The minimum Gasteiger partial charge on any atom is -0.312 e. The van der Waals surface area contributed by atoms with Crippen molar-refractivity contribution in [2.24, 2.45) is 17.8 Å². The van der Waals surface area contributed by atoms with Crippen molar-refractivity contribution in [1.29, 1.82) is 0 Å². The second kappa shape index (κ2) is 5.22. The lowest BCUT2D eigenvalue weighted by molar-refractivity contribution is 0.0980. The molecule has 0 aliphatic heterocycles.